The first-order valence-electron chi connectivity index (χ1n) is 6.88. The van der Waals surface area contributed by atoms with Crippen molar-refractivity contribution in [3.63, 3.8) is 0 Å². The quantitative estimate of drug-likeness (QED) is 0.779. The van der Waals surface area contributed by atoms with E-state index in [1.54, 1.807) is 0 Å². The molecule has 0 spiro atoms. The zero-order valence-electron chi connectivity index (χ0n) is 12.3. The van der Waals surface area contributed by atoms with E-state index < -0.39 is 0 Å². The van der Waals surface area contributed by atoms with Crippen molar-refractivity contribution in [2.24, 2.45) is 0 Å². The summed E-state index contributed by atoms with van der Waals surface area (Å²) in [6, 6.07) is 12.1. The van der Waals surface area contributed by atoms with Crippen LogP contribution < -0.4 is 5.32 Å². The second-order valence-electron chi connectivity index (χ2n) is 5.29. The fraction of sp³-hybridized carbons (Fsp3) is 0.176. The fourth-order valence-corrected chi connectivity index (χ4v) is 2.35. The molecule has 4 nitrogen and oxygen atoms in total. The Bertz CT molecular complexity index is 816. The summed E-state index contributed by atoms with van der Waals surface area (Å²) in [4.78, 5) is 16.2. The standard InChI is InChI=1S/C17H17N3O/c1-11-4-6-14(7-5-11)16-17(18-13(3)21)20-9-8-12(2)10-15(20)19-16/h4-10H,1-3H3,(H,18,21). The van der Waals surface area contributed by atoms with Crippen molar-refractivity contribution < 1.29 is 4.79 Å². The van der Waals surface area contributed by atoms with Crippen LogP contribution in [0.25, 0.3) is 16.9 Å². The number of rotatable bonds is 2. The number of carbonyl (C=O) groups is 1. The molecule has 0 atom stereocenters. The van der Waals surface area contributed by atoms with Gasteiger partial charge in [0.15, 0.2) is 0 Å². The summed E-state index contributed by atoms with van der Waals surface area (Å²) in [6.45, 7) is 5.58. The minimum atomic E-state index is -0.106. The van der Waals surface area contributed by atoms with Crippen molar-refractivity contribution in [3.05, 3.63) is 53.7 Å². The molecule has 1 amide bonds. The lowest BCUT2D eigenvalue weighted by molar-refractivity contribution is -0.114. The minimum absolute atomic E-state index is 0.106. The molecule has 3 aromatic rings. The summed E-state index contributed by atoms with van der Waals surface area (Å²) in [5.74, 6) is 0.604. The van der Waals surface area contributed by atoms with E-state index in [1.807, 2.05) is 60.8 Å². The second kappa shape index (κ2) is 5.05. The van der Waals surface area contributed by atoms with E-state index in [-0.39, 0.29) is 5.91 Å². The SMILES string of the molecule is CC(=O)Nc1c(-c2ccc(C)cc2)nc2cc(C)ccn12. The maximum atomic E-state index is 11.5. The second-order valence-corrected chi connectivity index (χ2v) is 5.29. The highest BCUT2D eigenvalue weighted by molar-refractivity contribution is 5.93. The number of nitrogens with one attached hydrogen (secondary N) is 1. The van der Waals surface area contributed by atoms with Gasteiger partial charge in [-0.3, -0.25) is 9.20 Å². The topological polar surface area (TPSA) is 46.4 Å². The number of nitrogens with zero attached hydrogens (tertiary/aromatic N) is 2. The molecule has 0 aliphatic carbocycles. The molecule has 4 heteroatoms. The Labute approximate surface area is 123 Å². The van der Waals surface area contributed by atoms with Crippen LogP contribution in [0.2, 0.25) is 0 Å². The molecule has 1 aromatic carbocycles. The van der Waals surface area contributed by atoms with Gasteiger partial charge < -0.3 is 5.32 Å². The zero-order chi connectivity index (χ0) is 15.0. The summed E-state index contributed by atoms with van der Waals surface area (Å²) in [5.41, 5.74) is 4.94. The molecule has 21 heavy (non-hydrogen) atoms. The van der Waals surface area contributed by atoms with Crippen molar-refractivity contribution in [2.75, 3.05) is 5.32 Å². The Morgan fingerprint density at radius 2 is 1.81 bits per heavy atom. The van der Waals surface area contributed by atoms with Gasteiger partial charge in [0.25, 0.3) is 0 Å². The van der Waals surface area contributed by atoms with Crippen LogP contribution in [0.4, 0.5) is 5.82 Å². The average molecular weight is 279 g/mol. The highest BCUT2D eigenvalue weighted by Gasteiger charge is 2.15. The Morgan fingerprint density at radius 1 is 1.10 bits per heavy atom. The molecule has 0 bridgehead atoms. The van der Waals surface area contributed by atoms with Gasteiger partial charge in [0.05, 0.1) is 0 Å². The van der Waals surface area contributed by atoms with Gasteiger partial charge in [-0.05, 0) is 31.5 Å². The lowest BCUT2D eigenvalue weighted by Gasteiger charge is -2.06. The van der Waals surface area contributed by atoms with Crippen LogP contribution in [-0.2, 0) is 4.79 Å². The molecule has 2 aromatic heterocycles. The molecular weight excluding hydrogens is 262 g/mol. The van der Waals surface area contributed by atoms with E-state index in [2.05, 4.69) is 10.3 Å². The molecular formula is C17H17N3O. The number of hydrogen-bond donors (Lipinski definition) is 1. The molecule has 0 saturated heterocycles. The van der Waals surface area contributed by atoms with Crippen LogP contribution in [0.5, 0.6) is 0 Å². The largest absolute Gasteiger partial charge is 0.310 e. The van der Waals surface area contributed by atoms with Crippen LogP contribution in [0.3, 0.4) is 0 Å². The minimum Gasteiger partial charge on any atom is -0.310 e. The molecule has 0 radical (unpaired) electrons. The molecule has 1 N–H and O–H groups in total. The number of hydrogen-bond acceptors (Lipinski definition) is 2. The van der Waals surface area contributed by atoms with Crippen LogP contribution in [-0.4, -0.2) is 15.3 Å². The summed E-state index contributed by atoms with van der Waals surface area (Å²) in [7, 11) is 0. The van der Waals surface area contributed by atoms with E-state index in [9.17, 15) is 4.79 Å². The van der Waals surface area contributed by atoms with Gasteiger partial charge in [-0.2, -0.15) is 0 Å². The van der Waals surface area contributed by atoms with Crippen molar-refractivity contribution in [1.29, 1.82) is 0 Å². The van der Waals surface area contributed by atoms with Gasteiger partial charge in [-0.1, -0.05) is 29.8 Å². The Hall–Kier alpha value is -2.62. The third-order valence-electron chi connectivity index (χ3n) is 3.40. The van der Waals surface area contributed by atoms with Gasteiger partial charge in [-0.25, -0.2) is 4.98 Å². The number of benzene rings is 1. The summed E-state index contributed by atoms with van der Waals surface area (Å²) in [5, 5.41) is 2.89. The smallest absolute Gasteiger partial charge is 0.222 e. The van der Waals surface area contributed by atoms with Gasteiger partial charge in [0.2, 0.25) is 5.91 Å². The number of aromatic nitrogens is 2. The highest BCUT2D eigenvalue weighted by atomic mass is 16.1. The third kappa shape index (κ3) is 2.52. The molecule has 0 aliphatic heterocycles. The first-order chi connectivity index (χ1) is 10.0. The zero-order valence-corrected chi connectivity index (χ0v) is 12.3. The van der Waals surface area contributed by atoms with Gasteiger partial charge >= 0.3 is 0 Å². The van der Waals surface area contributed by atoms with Crippen molar-refractivity contribution in [1.82, 2.24) is 9.38 Å². The number of anilines is 1. The average Bonchev–Trinajstić information content (AvgIpc) is 2.77. The normalized spacial score (nSPS) is 10.8. The third-order valence-corrected chi connectivity index (χ3v) is 3.40. The molecule has 0 unspecified atom stereocenters. The monoisotopic (exact) mass is 279 g/mol. The van der Waals surface area contributed by atoms with E-state index in [4.69, 9.17) is 0 Å². The van der Waals surface area contributed by atoms with E-state index in [0.717, 1.165) is 22.5 Å². The number of pyridine rings is 1. The van der Waals surface area contributed by atoms with E-state index in [1.165, 1.54) is 12.5 Å². The van der Waals surface area contributed by atoms with Crippen LogP contribution in [0.1, 0.15) is 18.1 Å². The maximum absolute atomic E-state index is 11.5. The Kier molecular flexibility index (Phi) is 3.22. The predicted molar refractivity (Wildman–Crippen MR) is 84.4 cm³/mol. The van der Waals surface area contributed by atoms with Gasteiger partial charge in [0, 0.05) is 18.7 Å². The number of carbonyl (C=O) groups excluding carboxylic acids is 1. The summed E-state index contributed by atoms with van der Waals surface area (Å²) >= 11 is 0. The maximum Gasteiger partial charge on any atom is 0.222 e. The van der Waals surface area contributed by atoms with Gasteiger partial charge in [0.1, 0.15) is 17.2 Å². The first kappa shape index (κ1) is 13.4. The summed E-state index contributed by atoms with van der Waals surface area (Å²) < 4.78 is 1.91. The molecule has 0 fully saturated rings. The summed E-state index contributed by atoms with van der Waals surface area (Å²) in [6.07, 6.45) is 1.93. The van der Waals surface area contributed by atoms with Crippen LogP contribution in [0.15, 0.2) is 42.6 Å². The Morgan fingerprint density at radius 3 is 2.48 bits per heavy atom. The Balaban J connectivity index is 2.24. The van der Waals surface area contributed by atoms with Crippen molar-refractivity contribution in [3.8, 4) is 11.3 Å². The van der Waals surface area contributed by atoms with Crippen molar-refractivity contribution in [2.45, 2.75) is 20.8 Å². The van der Waals surface area contributed by atoms with Gasteiger partial charge in [-0.15, -0.1) is 0 Å². The highest BCUT2D eigenvalue weighted by Crippen LogP contribution is 2.29. The molecule has 0 aliphatic rings. The first-order valence-corrected chi connectivity index (χ1v) is 6.88. The van der Waals surface area contributed by atoms with E-state index in [0.29, 0.717) is 5.82 Å². The predicted octanol–water partition coefficient (Wildman–Crippen LogP) is 3.58. The lowest BCUT2D eigenvalue weighted by Crippen LogP contribution is -2.09. The molecule has 2 heterocycles. The fourth-order valence-electron chi connectivity index (χ4n) is 2.35. The molecule has 106 valence electrons. The van der Waals surface area contributed by atoms with Crippen LogP contribution in [0, 0.1) is 13.8 Å². The number of amides is 1. The molecule has 3 rings (SSSR count). The lowest BCUT2D eigenvalue weighted by atomic mass is 10.1. The van der Waals surface area contributed by atoms with Crippen molar-refractivity contribution >= 4 is 17.4 Å². The molecule has 0 saturated carbocycles. The number of fused-ring (bicyclic) bond motifs is 1. The number of aryl methyl sites for hydroxylation is 2. The van der Waals surface area contributed by atoms with Crippen LogP contribution >= 0.6 is 0 Å². The van der Waals surface area contributed by atoms with E-state index >= 15 is 0 Å². The number of imidazole rings is 1.